The molecular weight excluding hydrogens is 268 g/mol. The van der Waals surface area contributed by atoms with Gasteiger partial charge in [-0.15, -0.1) is 0 Å². The Labute approximate surface area is 105 Å². The summed E-state index contributed by atoms with van der Waals surface area (Å²) in [4.78, 5) is 0. The molecule has 0 saturated carbocycles. The molecule has 15 heavy (non-hydrogen) atoms. The van der Waals surface area contributed by atoms with Crippen LogP contribution >= 0.6 is 15.9 Å². The van der Waals surface area contributed by atoms with Gasteiger partial charge in [0.25, 0.3) is 0 Å². The summed E-state index contributed by atoms with van der Waals surface area (Å²) in [5, 5.41) is 1.08. The molecule has 0 aromatic rings. The summed E-state index contributed by atoms with van der Waals surface area (Å²) in [7, 11) is -1.42. The van der Waals surface area contributed by atoms with Gasteiger partial charge in [-0.1, -0.05) is 36.7 Å². The van der Waals surface area contributed by atoms with Crippen molar-refractivity contribution < 1.29 is 4.43 Å². The molecule has 0 saturated heterocycles. The van der Waals surface area contributed by atoms with Crippen LogP contribution in [0.5, 0.6) is 0 Å². The van der Waals surface area contributed by atoms with Gasteiger partial charge in [-0.2, -0.15) is 0 Å². The fourth-order valence-electron chi connectivity index (χ4n) is 2.10. The van der Waals surface area contributed by atoms with Gasteiger partial charge >= 0.3 is 0 Å². The molecule has 0 aliphatic heterocycles. The predicted octanol–water partition coefficient (Wildman–Crippen LogP) is 4.96. The van der Waals surface area contributed by atoms with Crippen molar-refractivity contribution in [1.29, 1.82) is 0 Å². The minimum atomic E-state index is -1.42. The second kappa shape index (κ2) is 7.07. The van der Waals surface area contributed by atoms with Gasteiger partial charge in [0.05, 0.1) is 5.60 Å². The van der Waals surface area contributed by atoms with E-state index in [4.69, 9.17) is 4.43 Å². The van der Waals surface area contributed by atoms with Crippen molar-refractivity contribution in [3.63, 3.8) is 0 Å². The lowest BCUT2D eigenvalue weighted by Gasteiger charge is -2.38. The van der Waals surface area contributed by atoms with E-state index in [0.29, 0.717) is 0 Å². The Balaban J connectivity index is 4.37. The van der Waals surface area contributed by atoms with E-state index in [0.717, 1.165) is 11.8 Å². The van der Waals surface area contributed by atoms with Crippen LogP contribution in [0.15, 0.2) is 0 Å². The number of halogens is 1. The highest BCUT2D eigenvalue weighted by molar-refractivity contribution is 9.09. The molecular formula is C12H27BrOSi. The second-order valence-corrected chi connectivity index (χ2v) is 10.4. The van der Waals surface area contributed by atoms with E-state index in [9.17, 15) is 0 Å². The Kier molecular flexibility index (Phi) is 7.38. The van der Waals surface area contributed by atoms with Crippen molar-refractivity contribution in [3.8, 4) is 0 Å². The Hall–Kier alpha value is 0.657. The standard InChI is InChI=1S/C12H27BrOSi/c1-6-15(7-2,8-3)14-12(4,5)10-9-11-13/h6-11H2,1-5H3. The van der Waals surface area contributed by atoms with Crippen molar-refractivity contribution in [2.75, 3.05) is 5.33 Å². The Morgan fingerprint density at radius 1 is 1.07 bits per heavy atom. The summed E-state index contributed by atoms with van der Waals surface area (Å²) in [6, 6.07) is 3.74. The molecule has 0 heterocycles. The minimum Gasteiger partial charge on any atom is -0.412 e. The molecule has 0 aromatic carbocycles. The van der Waals surface area contributed by atoms with Gasteiger partial charge in [0.15, 0.2) is 8.32 Å². The van der Waals surface area contributed by atoms with Gasteiger partial charge in [-0.05, 0) is 44.8 Å². The summed E-state index contributed by atoms with van der Waals surface area (Å²) < 4.78 is 6.49. The first-order valence-corrected chi connectivity index (χ1v) is 9.86. The predicted molar refractivity (Wildman–Crippen MR) is 75.4 cm³/mol. The van der Waals surface area contributed by atoms with E-state index in [2.05, 4.69) is 50.5 Å². The quantitative estimate of drug-likeness (QED) is 0.454. The van der Waals surface area contributed by atoms with Gasteiger partial charge in [-0.25, -0.2) is 0 Å². The van der Waals surface area contributed by atoms with Gasteiger partial charge in [0, 0.05) is 5.33 Å². The van der Waals surface area contributed by atoms with Gasteiger partial charge in [-0.3, -0.25) is 0 Å². The number of rotatable bonds is 8. The summed E-state index contributed by atoms with van der Waals surface area (Å²) in [5.74, 6) is 0. The van der Waals surface area contributed by atoms with Crippen molar-refractivity contribution >= 4 is 24.2 Å². The highest BCUT2D eigenvalue weighted by Gasteiger charge is 2.34. The number of alkyl halides is 1. The molecule has 1 nitrogen and oxygen atoms in total. The zero-order chi connectivity index (χ0) is 11.9. The van der Waals surface area contributed by atoms with E-state index in [-0.39, 0.29) is 5.60 Å². The lowest BCUT2D eigenvalue weighted by molar-refractivity contribution is 0.0854. The largest absolute Gasteiger partial charge is 0.412 e. The monoisotopic (exact) mass is 294 g/mol. The molecule has 0 amide bonds. The van der Waals surface area contributed by atoms with E-state index in [1.165, 1.54) is 24.6 Å². The topological polar surface area (TPSA) is 9.23 Å². The van der Waals surface area contributed by atoms with Crippen LogP contribution < -0.4 is 0 Å². The Bertz CT molecular complexity index is 159. The van der Waals surface area contributed by atoms with Crippen molar-refractivity contribution in [2.24, 2.45) is 0 Å². The van der Waals surface area contributed by atoms with E-state index in [1.807, 2.05) is 0 Å². The zero-order valence-electron chi connectivity index (χ0n) is 11.0. The van der Waals surface area contributed by atoms with Crippen LogP contribution in [0.1, 0.15) is 47.5 Å². The van der Waals surface area contributed by atoms with Gasteiger partial charge < -0.3 is 4.43 Å². The lowest BCUT2D eigenvalue weighted by Crippen LogP contribution is -2.44. The molecule has 0 radical (unpaired) electrons. The second-order valence-electron chi connectivity index (χ2n) is 4.90. The van der Waals surface area contributed by atoms with Crippen LogP contribution in [0.4, 0.5) is 0 Å². The molecule has 92 valence electrons. The van der Waals surface area contributed by atoms with Gasteiger partial charge in [0.1, 0.15) is 0 Å². The maximum atomic E-state index is 6.49. The van der Waals surface area contributed by atoms with E-state index < -0.39 is 8.32 Å². The number of hydrogen-bond donors (Lipinski definition) is 0. The third-order valence-corrected chi connectivity index (χ3v) is 8.75. The maximum Gasteiger partial charge on any atom is 0.192 e. The fourth-order valence-corrected chi connectivity index (χ4v) is 5.58. The summed E-state index contributed by atoms with van der Waals surface area (Å²) in [6.07, 6.45) is 2.36. The molecule has 0 atom stereocenters. The molecule has 0 aliphatic carbocycles. The molecule has 0 aliphatic rings. The highest BCUT2D eigenvalue weighted by atomic mass is 79.9. The Morgan fingerprint density at radius 3 is 1.87 bits per heavy atom. The van der Waals surface area contributed by atoms with Crippen LogP contribution in [0.25, 0.3) is 0 Å². The van der Waals surface area contributed by atoms with E-state index in [1.54, 1.807) is 0 Å². The van der Waals surface area contributed by atoms with Crippen LogP contribution in [-0.2, 0) is 4.43 Å². The average molecular weight is 295 g/mol. The van der Waals surface area contributed by atoms with E-state index >= 15 is 0 Å². The third-order valence-electron chi connectivity index (χ3n) is 3.34. The molecule has 0 rings (SSSR count). The number of hydrogen-bond acceptors (Lipinski definition) is 1. The fraction of sp³-hybridized carbons (Fsp3) is 1.00. The molecule has 0 spiro atoms. The minimum absolute atomic E-state index is 0.0715. The molecule has 0 N–H and O–H groups in total. The van der Waals surface area contributed by atoms with Crippen LogP contribution in [0, 0.1) is 0 Å². The van der Waals surface area contributed by atoms with Crippen LogP contribution in [0.3, 0.4) is 0 Å². The lowest BCUT2D eigenvalue weighted by atomic mass is 10.0. The average Bonchev–Trinajstić information content (AvgIpc) is 2.23. The summed E-state index contributed by atoms with van der Waals surface area (Å²) >= 11 is 3.49. The molecule has 0 fully saturated rings. The van der Waals surface area contributed by atoms with Crippen molar-refractivity contribution in [1.82, 2.24) is 0 Å². The molecule has 3 heteroatoms. The molecule has 0 aromatic heterocycles. The summed E-state index contributed by atoms with van der Waals surface area (Å²) in [6.45, 7) is 11.4. The third kappa shape index (κ3) is 5.50. The van der Waals surface area contributed by atoms with Crippen molar-refractivity contribution in [3.05, 3.63) is 0 Å². The smallest absolute Gasteiger partial charge is 0.192 e. The van der Waals surface area contributed by atoms with Crippen molar-refractivity contribution in [2.45, 2.75) is 71.2 Å². The first-order chi connectivity index (χ1) is 6.95. The molecule has 0 unspecified atom stereocenters. The SMILES string of the molecule is CC[Si](CC)(CC)OC(C)(C)CCCBr. The highest BCUT2D eigenvalue weighted by Crippen LogP contribution is 2.30. The van der Waals surface area contributed by atoms with Gasteiger partial charge in [0.2, 0.25) is 0 Å². The Morgan fingerprint density at radius 2 is 1.53 bits per heavy atom. The normalized spacial score (nSPS) is 13.2. The molecule has 0 bridgehead atoms. The summed E-state index contributed by atoms with van der Waals surface area (Å²) in [5.41, 5.74) is 0.0715. The first kappa shape index (κ1) is 15.7. The zero-order valence-corrected chi connectivity index (χ0v) is 13.6. The maximum absolute atomic E-state index is 6.49. The van der Waals surface area contributed by atoms with Crippen LogP contribution in [0.2, 0.25) is 18.1 Å². The first-order valence-electron chi connectivity index (χ1n) is 6.21. The van der Waals surface area contributed by atoms with Crippen LogP contribution in [-0.4, -0.2) is 19.2 Å².